The standard InChI is InChI=1S/C22H22ClIN4O3S/c1-15-11-17(16(2)28(15)21-6-4-5-18(23)12-21)13-25-26-22(29)14-27(32(3,30)31)20-9-7-19(24)8-10-20/h4-13H,14H2,1-3H3,(H,26,29)/b25-13-. The summed E-state index contributed by atoms with van der Waals surface area (Å²) in [5.41, 5.74) is 6.49. The van der Waals surface area contributed by atoms with E-state index in [0.717, 1.165) is 36.8 Å². The zero-order valence-electron chi connectivity index (χ0n) is 17.7. The van der Waals surface area contributed by atoms with Crippen molar-refractivity contribution < 1.29 is 13.2 Å². The Labute approximate surface area is 206 Å². The summed E-state index contributed by atoms with van der Waals surface area (Å²) in [7, 11) is -3.64. The first kappa shape index (κ1) is 24.3. The van der Waals surface area contributed by atoms with Crippen molar-refractivity contribution in [2.24, 2.45) is 5.10 Å². The molecule has 0 fully saturated rings. The maximum absolute atomic E-state index is 12.4. The smallest absolute Gasteiger partial charge is 0.260 e. The second-order valence-corrected chi connectivity index (χ2v) is 10.8. The molecule has 1 heterocycles. The molecule has 0 unspecified atom stereocenters. The summed E-state index contributed by atoms with van der Waals surface area (Å²) >= 11 is 8.24. The third-order valence-corrected chi connectivity index (χ3v) is 6.83. The van der Waals surface area contributed by atoms with Crippen molar-refractivity contribution in [3.05, 3.63) is 80.1 Å². The monoisotopic (exact) mass is 584 g/mol. The maximum Gasteiger partial charge on any atom is 0.260 e. The number of nitrogens with zero attached hydrogens (tertiary/aromatic N) is 3. The van der Waals surface area contributed by atoms with Crippen LogP contribution in [-0.4, -0.2) is 37.9 Å². The maximum atomic E-state index is 12.4. The topological polar surface area (TPSA) is 83.8 Å². The fourth-order valence-electron chi connectivity index (χ4n) is 3.28. The highest BCUT2D eigenvalue weighted by Gasteiger charge is 2.20. The van der Waals surface area contributed by atoms with Crippen LogP contribution in [0, 0.1) is 17.4 Å². The molecule has 0 aliphatic carbocycles. The first-order valence-corrected chi connectivity index (χ1v) is 12.9. The van der Waals surface area contributed by atoms with E-state index in [1.807, 2.05) is 48.7 Å². The number of amides is 1. The van der Waals surface area contributed by atoms with Crippen LogP contribution >= 0.6 is 34.2 Å². The molecule has 1 amide bonds. The summed E-state index contributed by atoms with van der Waals surface area (Å²) in [6.45, 7) is 3.53. The van der Waals surface area contributed by atoms with Gasteiger partial charge in [0, 0.05) is 31.2 Å². The molecular formula is C22H22ClIN4O3S. The lowest BCUT2D eigenvalue weighted by molar-refractivity contribution is -0.119. The molecule has 1 aromatic heterocycles. The minimum Gasteiger partial charge on any atom is -0.318 e. The van der Waals surface area contributed by atoms with Crippen molar-refractivity contribution in [2.75, 3.05) is 17.1 Å². The Morgan fingerprint density at radius 1 is 1.19 bits per heavy atom. The van der Waals surface area contributed by atoms with Crippen LogP contribution in [-0.2, 0) is 14.8 Å². The number of hydrazone groups is 1. The Kier molecular flexibility index (Phi) is 7.63. The number of hydrogen-bond donors (Lipinski definition) is 1. The number of carbonyl (C=O) groups is 1. The fraction of sp³-hybridized carbons (Fsp3) is 0.182. The van der Waals surface area contributed by atoms with Gasteiger partial charge in [-0.3, -0.25) is 9.10 Å². The Morgan fingerprint density at radius 2 is 1.88 bits per heavy atom. The van der Waals surface area contributed by atoms with E-state index in [0.29, 0.717) is 10.7 Å². The van der Waals surface area contributed by atoms with Crippen LogP contribution in [0.2, 0.25) is 5.02 Å². The second kappa shape index (κ2) is 10.1. The van der Waals surface area contributed by atoms with Gasteiger partial charge in [-0.05, 0) is 85.0 Å². The van der Waals surface area contributed by atoms with Gasteiger partial charge in [0.1, 0.15) is 6.54 Å². The third-order valence-electron chi connectivity index (χ3n) is 4.73. The Morgan fingerprint density at radius 3 is 2.50 bits per heavy atom. The van der Waals surface area contributed by atoms with Crippen molar-refractivity contribution in [1.29, 1.82) is 0 Å². The number of rotatable bonds is 7. The molecule has 0 spiro atoms. The molecule has 3 aromatic rings. The molecule has 0 radical (unpaired) electrons. The lowest BCUT2D eigenvalue weighted by Gasteiger charge is -2.21. The molecule has 2 aromatic carbocycles. The summed E-state index contributed by atoms with van der Waals surface area (Å²) in [6.07, 6.45) is 2.60. The highest BCUT2D eigenvalue weighted by molar-refractivity contribution is 14.1. The first-order valence-electron chi connectivity index (χ1n) is 9.56. The molecule has 0 aliphatic heterocycles. The van der Waals surface area contributed by atoms with Gasteiger partial charge in [0.05, 0.1) is 18.2 Å². The number of hydrogen-bond acceptors (Lipinski definition) is 4. The normalized spacial score (nSPS) is 11.7. The Bertz CT molecular complexity index is 1270. The SMILES string of the molecule is Cc1cc(/C=N\NC(=O)CN(c2ccc(I)cc2)S(C)(=O)=O)c(C)n1-c1cccc(Cl)c1. The van der Waals surface area contributed by atoms with Gasteiger partial charge in [0.25, 0.3) is 5.91 Å². The summed E-state index contributed by atoms with van der Waals surface area (Å²) < 4.78 is 28.4. The number of aromatic nitrogens is 1. The predicted molar refractivity (Wildman–Crippen MR) is 137 cm³/mol. The third kappa shape index (κ3) is 5.90. The average Bonchev–Trinajstić information content (AvgIpc) is 2.99. The van der Waals surface area contributed by atoms with Gasteiger partial charge in [0.2, 0.25) is 10.0 Å². The number of sulfonamides is 1. The van der Waals surface area contributed by atoms with Crippen LogP contribution in [0.25, 0.3) is 5.69 Å². The van der Waals surface area contributed by atoms with Crippen molar-refractivity contribution in [3.8, 4) is 5.69 Å². The van der Waals surface area contributed by atoms with Crippen molar-refractivity contribution >= 4 is 62.0 Å². The second-order valence-electron chi connectivity index (χ2n) is 7.18. The molecule has 0 saturated carbocycles. The molecule has 0 atom stereocenters. The summed E-state index contributed by atoms with van der Waals surface area (Å²) in [4.78, 5) is 12.4. The van der Waals surface area contributed by atoms with Gasteiger partial charge in [-0.2, -0.15) is 5.10 Å². The zero-order chi connectivity index (χ0) is 23.5. The van der Waals surface area contributed by atoms with Gasteiger partial charge < -0.3 is 4.57 Å². The molecule has 32 heavy (non-hydrogen) atoms. The van der Waals surface area contributed by atoms with Crippen LogP contribution < -0.4 is 9.73 Å². The lowest BCUT2D eigenvalue weighted by Crippen LogP contribution is -2.39. The van der Waals surface area contributed by atoms with Crippen LogP contribution in [0.4, 0.5) is 5.69 Å². The number of aryl methyl sites for hydroxylation is 1. The van der Waals surface area contributed by atoms with Crippen molar-refractivity contribution in [3.63, 3.8) is 0 Å². The molecule has 0 aliphatic rings. The van der Waals surface area contributed by atoms with Gasteiger partial charge in [-0.15, -0.1) is 0 Å². The van der Waals surface area contributed by atoms with Crippen molar-refractivity contribution in [2.45, 2.75) is 13.8 Å². The average molecular weight is 585 g/mol. The van der Waals surface area contributed by atoms with Crippen LogP contribution in [0.3, 0.4) is 0 Å². The molecule has 1 N–H and O–H groups in total. The summed E-state index contributed by atoms with van der Waals surface area (Å²) in [6, 6.07) is 16.3. The number of nitrogens with one attached hydrogen (secondary N) is 1. The van der Waals surface area contributed by atoms with Gasteiger partial charge >= 0.3 is 0 Å². The van der Waals surface area contributed by atoms with Crippen LogP contribution in [0.15, 0.2) is 59.7 Å². The Hall–Kier alpha value is -2.37. The number of carbonyl (C=O) groups excluding carboxylic acids is 1. The van der Waals surface area contributed by atoms with E-state index in [4.69, 9.17) is 11.6 Å². The van der Waals surface area contributed by atoms with E-state index in [1.54, 1.807) is 24.3 Å². The molecule has 0 bridgehead atoms. The van der Waals surface area contributed by atoms with Crippen LogP contribution in [0.5, 0.6) is 0 Å². The zero-order valence-corrected chi connectivity index (χ0v) is 21.4. The molecule has 0 saturated heterocycles. The number of anilines is 1. The summed E-state index contributed by atoms with van der Waals surface area (Å²) in [5.74, 6) is -0.547. The molecule has 10 heteroatoms. The summed E-state index contributed by atoms with van der Waals surface area (Å²) in [5, 5.41) is 4.66. The van der Waals surface area contributed by atoms with E-state index in [2.05, 4.69) is 33.1 Å². The van der Waals surface area contributed by atoms with Crippen molar-refractivity contribution in [1.82, 2.24) is 9.99 Å². The van der Waals surface area contributed by atoms with Gasteiger partial charge in [-0.25, -0.2) is 13.8 Å². The number of benzene rings is 2. The largest absolute Gasteiger partial charge is 0.318 e. The number of halogens is 2. The highest BCUT2D eigenvalue weighted by Crippen LogP contribution is 2.22. The van der Waals surface area contributed by atoms with E-state index >= 15 is 0 Å². The first-order chi connectivity index (χ1) is 15.1. The van der Waals surface area contributed by atoms with E-state index in [-0.39, 0.29) is 6.54 Å². The fourth-order valence-corrected chi connectivity index (χ4v) is 4.68. The van der Waals surface area contributed by atoms with Gasteiger partial charge in [-0.1, -0.05) is 17.7 Å². The molecule has 3 rings (SSSR count). The van der Waals surface area contributed by atoms with Crippen LogP contribution in [0.1, 0.15) is 17.0 Å². The van der Waals surface area contributed by atoms with Gasteiger partial charge in [0.15, 0.2) is 0 Å². The quantitative estimate of drug-likeness (QED) is 0.256. The molecule has 7 nitrogen and oxygen atoms in total. The lowest BCUT2D eigenvalue weighted by atomic mass is 10.2. The minimum absolute atomic E-state index is 0.377. The van der Waals surface area contributed by atoms with E-state index in [1.165, 1.54) is 6.21 Å². The highest BCUT2D eigenvalue weighted by atomic mass is 127. The molecular weight excluding hydrogens is 563 g/mol. The minimum atomic E-state index is -3.64. The Balaban J connectivity index is 1.73. The molecule has 168 valence electrons. The van der Waals surface area contributed by atoms with E-state index in [9.17, 15) is 13.2 Å². The predicted octanol–water partition coefficient (Wildman–Crippen LogP) is 4.27. The van der Waals surface area contributed by atoms with E-state index < -0.39 is 15.9 Å².